The molecule has 0 aliphatic heterocycles. The number of methoxy groups -OCH3 is 1. The average molecular weight is 507 g/mol. The summed E-state index contributed by atoms with van der Waals surface area (Å²) in [6, 6.07) is 4.51. The van der Waals surface area contributed by atoms with Crippen molar-refractivity contribution in [3.63, 3.8) is 0 Å². The van der Waals surface area contributed by atoms with Crippen molar-refractivity contribution in [2.75, 3.05) is 47.4 Å². The molecule has 0 saturated heterocycles. The first-order valence-electron chi connectivity index (χ1n) is 7.81. The minimum Gasteiger partial charge on any atom is -0.434 e. The van der Waals surface area contributed by atoms with Crippen LogP contribution in [0.15, 0.2) is 23.2 Å². The minimum absolute atomic E-state index is 0. The van der Waals surface area contributed by atoms with Gasteiger partial charge in [-0.2, -0.15) is 8.78 Å². The van der Waals surface area contributed by atoms with Gasteiger partial charge in [-0.05, 0) is 25.2 Å². The van der Waals surface area contributed by atoms with Crippen LogP contribution in [0.25, 0.3) is 0 Å². The molecule has 0 amide bonds. The molecule has 0 aromatic heterocycles. The molecule has 2 N–H and O–H groups in total. The Labute approximate surface area is 175 Å². The summed E-state index contributed by atoms with van der Waals surface area (Å²) < 4.78 is 34.5. The fraction of sp³-hybridized carbons (Fsp3) is 0.562. The van der Waals surface area contributed by atoms with Gasteiger partial charge in [-0.15, -0.1) is 24.0 Å². The quantitative estimate of drug-likeness (QED) is 0.290. The molecule has 10 heteroatoms. The van der Waals surface area contributed by atoms with E-state index in [-0.39, 0.29) is 36.3 Å². The van der Waals surface area contributed by atoms with Gasteiger partial charge in [-0.1, -0.05) is 11.6 Å². The summed E-state index contributed by atoms with van der Waals surface area (Å²) in [4.78, 5) is 6.22. The lowest BCUT2D eigenvalue weighted by Crippen LogP contribution is -2.41. The molecule has 0 saturated carbocycles. The maximum absolute atomic E-state index is 12.5. The number of aliphatic imine (C=N–C) groups is 1. The molecule has 6 nitrogen and oxygen atoms in total. The van der Waals surface area contributed by atoms with Crippen LogP contribution < -0.4 is 15.4 Å². The zero-order valence-corrected chi connectivity index (χ0v) is 18.2. The van der Waals surface area contributed by atoms with Gasteiger partial charge in [0.2, 0.25) is 0 Å². The van der Waals surface area contributed by atoms with E-state index in [1.54, 1.807) is 20.2 Å². The number of benzene rings is 1. The lowest BCUT2D eigenvalue weighted by atomic mass is 10.2. The standard InChI is InChI=1S/C16H25ClF2N4O2.HI/c1-20-16(21-6-7-23(2)8-9-24-3)22-11-12-10-13(17)4-5-14(12)25-15(18)19;/h4-5,10,15H,6-9,11H2,1-3H3,(H2,20,21,22);1H. The van der Waals surface area contributed by atoms with Crippen LogP contribution in [0.2, 0.25) is 5.02 Å². The van der Waals surface area contributed by atoms with Gasteiger partial charge in [0, 0.05) is 50.9 Å². The fourth-order valence-corrected chi connectivity index (χ4v) is 2.22. The molecule has 26 heavy (non-hydrogen) atoms. The van der Waals surface area contributed by atoms with Crippen molar-refractivity contribution in [1.82, 2.24) is 15.5 Å². The van der Waals surface area contributed by atoms with Gasteiger partial charge < -0.3 is 25.0 Å². The van der Waals surface area contributed by atoms with Crippen LogP contribution in [0.5, 0.6) is 5.75 Å². The normalized spacial score (nSPS) is 11.5. The molecule has 0 unspecified atom stereocenters. The zero-order valence-electron chi connectivity index (χ0n) is 15.1. The molecule has 0 aliphatic rings. The molecule has 0 atom stereocenters. The van der Waals surface area contributed by atoms with Gasteiger partial charge in [0.15, 0.2) is 5.96 Å². The van der Waals surface area contributed by atoms with Gasteiger partial charge in [-0.3, -0.25) is 4.99 Å². The molecule has 0 aliphatic carbocycles. The molecule has 150 valence electrons. The fourth-order valence-electron chi connectivity index (χ4n) is 2.02. The van der Waals surface area contributed by atoms with E-state index in [1.807, 2.05) is 7.05 Å². The highest BCUT2D eigenvalue weighted by Gasteiger charge is 2.11. The van der Waals surface area contributed by atoms with Crippen molar-refractivity contribution in [1.29, 1.82) is 0 Å². The summed E-state index contributed by atoms with van der Waals surface area (Å²) >= 11 is 5.93. The Morgan fingerprint density at radius 3 is 2.65 bits per heavy atom. The van der Waals surface area contributed by atoms with Crippen LogP contribution in [0.4, 0.5) is 8.78 Å². The van der Waals surface area contributed by atoms with Gasteiger partial charge in [0.25, 0.3) is 0 Å². The summed E-state index contributed by atoms with van der Waals surface area (Å²) in [6.07, 6.45) is 0. The summed E-state index contributed by atoms with van der Waals surface area (Å²) in [5.41, 5.74) is 0.521. The maximum atomic E-state index is 12.5. The number of likely N-dealkylation sites (N-methyl/N-ethyl adjacent to an activating group) is 1. The molecular formula is C16H26ClF2IN4O2. The van der Waals surface area contributed by atoms with Crippen LogP contribution in [0.3, 0.4) is 0 Å². The lowest BCUT2D eigenvalue weighted by molar-refractivity contribution is -0.0504. The third kappa shape index (κ3) is 10.3. The Morgan fingerprint density at radius 1 is 1.31 bits per heavy atom. The summed E-state index contributed by atoms with van der Waals surface area (Å²) in [5.74, 6) is 0.643. The van der Waals surface area contributed by atoms with Crippen LogP contribution in [0, 0.1) is 0 Å². The third-order valence-electron chi connectivity index (χ3n) is 3.37. The van der Waals surface area contributed by atoms with Crippen LogP contribution in [-0.4, -0.2) is 64.9 Å². The predicted octanol–water partition coefficient (Wildman–Crippen LogP) is 2.80. The van der Waals surface area contributed by atoms with Gasteiger partial charge >= 0.3 is 6.61 Å². The molecule has 0 bridgehead atoms. The second kappa shape index (κ2) is 14.2. The number of ether oxygens (including phenoxy) is 2. The third-order valence-corrected chi connectivity index (χ3v) is 3.61. The molecule has 0 heterocycles. The number of hydrogen-bond acceptors (Lipinski definition) is 4. The van der Waals surface area contributed by atoms with Crippen molar-refractivity contribution >= 4 is 41.5 Å². The highest BCUT2D eigenvalue weighted by molar-refractivity contribution is 14.0. The van der Waals surface area contributed by atoms with E-state index in [9.17, 15) is 8.78 Å². The molecule has 1 aromatic carbocycles. The number of guanidine groups is 1. The highest BCUT2D eigenvalue weighted by atomic mass is 127. The molecule has 0 fully saturated rings. The Morgan fingerprint density at radius 2 is 2.04 bits per heavy atom. The second-order valence-corrected chi connectivity index (χ2v) is 5.72. The zero-order chi connectivity index (χ0) is 18.7. The first-order chi connectivity index (χ1) is 12.0. The summed E-state index contributed by atoms with van der Waals surface area (Å²) in [6.45, 7) is 0.352. The van der Waals surface area contributed by atoms with E-state index in [0.717, 1.165) is 13.1 Å². The molecular weight excluding hydrogens is 481 g/mol. The lowest BCUT2D eigenvalue weighted by Gasteiger charge is -2.18. The number of nitrogens with one attached hydrogen (secondary N) is 2. The Kier molecular flexibility index (Phi) is 13.7. The van der Waals surface area contributed by atoms with Crippen molar-refractivity contribution in [3.05, 3.63) is 28.8 Å². The number of alkyl halides is 2. The average Bonchev–Trinajstić information content (AvgIpc) is 2.57. The number of nitrogens with zero attached hydrogens (tertiary/aromatic N) is 2. The summed E-state index contributed by atoms with van der Waals surface area (Å²) in [7, 11) is 5.30. The Hall–Kier alpha value is -0.910. The van der Waals surface area contributed by atoms with E-state index in [2.05, 4.69) is 25.3 Å². The second-order valence-electron chi connectivity index (χ2n) is 5.28. The maximum Gasteiger partial charge on any atom is 0.387 e. The predicted molar refractivity (Wildman–Crippen MR) is 111 cm³/mol. The van der Waals surface area contributed by atoms with Crippen molar-refractivity contribution in [2.24, 2.45) is 4.99 Å². The Bertz CT molecular complexity index is 553. The Balaban J connectivity index is 0.00000625. The van der Waals surface area contributed by atoms with Gasteiger partial charge in [0.05, 0.1) is 6.61 Å². The number of halogens is 4. The smallest absolute Gasteiger partial charge is 0.387 e. The number of hydrogen-bond donors (Lipinski definition) is 2. The van der Waals surface area contributed by atoms with E-state index in [4.69, 9.17) is 16.3 Å². The first kappa shape index (κ1) is 25.1. The SMILES string of the molecule is CN=C(NCCN(C)CCOC)NCc1cc(Cl)ccc1OC(F)F.I. The van der Waals surface area contributed by atoms with E-state index in [1.165, 1.54) is 12.1 Å². The van der Waals surface area contributed by atoms with Crippen molar-refractivity contribution < 1.29 is 18.3 Å². The number of rotatable bonds is 10. The monoisotopic (exact) mass is 506 g/mol. The molecule has 1 aromatic rings. The van der Waals surface area contributed by atoms with E-state index < -0.39 is 6.61 Å². The van der Waals surface area contributed by atoms with E-state index in [0.29, 0.717) is 29.7 Å². The van der Waals surface area contributed by atoms with Crippen LogP contribution in [0.1, 0.15) is 5.56 Å². The summed E-state index contributed by atoms with van der Waals surface area (Å²) in [5, 5.41) is 6.66. The minimum atomic E-state index is -2.89. The molecule has 1 rings (SSSR count). The topological polar surface area (TPSA) is 58.1 Å². The molecule has 0 spiro atoms. The van der Waals surface area contributed by atoms with Gasteiger partial charge in [0.1, 0.15) is 5.75 Å². The van der Waals surface area contributed by atoms with E-state index >= 15 is 0 Å². The van der Waals surface area contributed by atoms with Crippen molar-refractivity contribution in [3.8, 4) is 5.75 Å². The van der Waals surface area contributed by atoms with Gasteiger partial charge in [-0.25, -0.2) is 0 Å². The van der Waals surface area contributed by atoms with Crippen LogP contribution in [-0.2, 0) is 11.3 Å². The largest absolute Gasteiger partial charge is 0.434 e. The van der Waals surface area contributed by atoms with Crippen LogP contribution >= 0.6 is 35.6 Å². The van der Waals surface area contributed by atoms with Crippen molar-refractivity contribution in [2.45, 2.75) is 13.2 Å². The highest BCUT2D eigenvalue weighted by Crippen LogP contribution is 2.24. The first-order valence-corrected chi connectivity index (χ1v) is 8.19. The molecule has 0 radical (unpaired) electrons.